The highest BCUT2D eigenvalue weighted by atomic mass is 14.9. The van der Waals surface area contributed by atoms with Crippen LogP contribution in [0.15, 0.2) is 0 Å². The lowest BCUT2D eigenvalue weighted by atomic mass is 9.83. The molecule has 0 aromatic heterocycles. The van der Waals surface area contributed by atoms with Gasteiger partial charge in [-0.05, 0) is 18.4 Å². The normalized spacial score (nSPS) is 14.4. The van der Waals surface area contributed by atoms with Gasteiger partial charge in [0.2, 0.25) is 0 Å². The molecule has 1 N–H and O–H groups in total. The van der Waals surface area contributed by atoms with Gasteiger partial charge in [0.25, 0.3) is 0 Å². The topological polar surface area (TPSA) is 12.0 Å². The van der Waals surface area contributed by atoms with Crippen LogP contribution in [0, 0.1) is 5.41 Å². The van der Waals surface area contributed by atoms with E-state index in [1.807, 2.05) is 0 Å². The van der Waals surface area contributed by atoms with Crippen molar-refractivity contribution < 1.29 is 0 Å². The molecule has 1 nitrogen and oxygen atoms in total. The summed E-state index contributed by atoms with van der Waals surface area (Å²) in [6.07, 6.45) is 6.83. The molecule has 0 rings (SSSR count). The molecule has 0 aromatic carbocycles. The monoisotopic (exact) mass is 199 g/mol. The lowest BCUT2D eigenvalue weighted by molar-refractivity contribution is 0.252. The first kappa shape index (κ1) is 14.0. The lowest BCUT2D eigenvalue weighted by Crippen LogP contribution is -2.40. The lowest BCUT2D eigenvalue weighted by Gasteiger charge is -2.31. The molecule has 0 amide bonds. The van der Waals surface area contributed by atoms with Crippen molar-refractivity contribution in [2.75, 3.05) is 6.54 Å². The summed E-state index contributed by atoms with van der Waals surface area (Å²) in [7, 11) is 0. The average molecular weight is 199 g/mol. The van der Waals surface area contributed by atoms with Gasteiger partial charge in [0, 0.05) is 6.04 Å². The first-order valence-corrected chi connectivity index (χ1v) is 6.25. The first-order valence-electron chi connectivity index (χ1n) is 6.25. The van der Waals surface area contributed by atoms with E-state index in [2.05, 4.69) is 39.9 Å². The Morgan fingerprint density at radius 1 is 1.00 bits per heavy atom. The van der Waals surface area contributed by atoms with Gasteiger partial charge in [0.1, 0.15) is 0 Å². The number of rotatable bonds is 7. The fourth-order valence-electron chi connectivity index (χ4n) is 1.86. The van der Waals surface area contributed by atoms with E-state index in [1.165, 1.54) is 32.1 Å². The zero-order valence-corrected chi connectivity index (χ0v) is 10.8. The second-order valence-corrected chi connectivity index (χ2v) is 5.33. The van der Waals surface area contributed by atoms with Crippen LogP contribution in [0.2, 0.25) is 0 Å². The number of unbranched alkanes of at least 4 members (excludes halogenated alkanes) is 3. The maximum absolute atomic E-state index is 3.60. The van der Waals surface area contributed by atoms with Crippen molar-refractivity contribution in [3.8, 4) is 0 Å². The summed E-state index contributed by atoms with van der Waals surface area (Å²) in [6.45, 7) is 12.6. The molecule has 0 aliphatic rings. The molecule has 1 atom stereocenters. The maximum atomic E-state index is 3.60. The molecule has 1 heteroatoms. The van der Waals surface area contributed by atoms with Gasteiger partial charge < -0.3 is 5.32 Å². The fourth-order valence-corrected chi connectivity index (χ4v) is 1.86. The Balaban J connectivity index is 3.74. The van der Waals surface area contributed by atoms with Gasteiger partial charge in [-0.25, -0.2) is 0 Å². The summed E-state index contributed by atoms with van der Waals surface area (Å²) in [6, 6.07) is 0.685. The Kier molecular flexibility index (Phi) is 7.26. The molecule has 0 saturated carbocycles. The van der Waals surface area contributed by atoms with Crippen molar-refractivity contribution in [3.63, 3.8) is 0 Å². The summed E-state index contributed by atoms with van der Waals surface area (Å²) in [4.78, 5) is 0. The highest BCUT2D eigenvalue weighted by Crippen LogP contribution is 2.23. The molecule has 0 heterocycles. The van der Waals surface area contributed by atoms with E-state index in [0.29, 0.717) is 11.5 Å². The van der Waals surface area contributed by atoms with Gasteiger partial charge in [-0.2, -0.15) is 0 Å². The Bertz CT molecular complexity index is 124. The highest BCUT2D eigenvalue weighted by molar-refractivity contribution is 4.79. The van der Waals surface area contributed by atoms with Crippen molar-refractivity contribution in [1.82, 2.24) is 5.32 Å². The second kappa shape index (κ2) is 7.28. The first-order chi connectivity index (χ1) is 6.52. The minimum absolute atomic E-state index is 0.405. The second-order valence-electron chi connectivity index (χ2n) is 5.33. The van der Waals surface area contributed by atoms with Crippen molar-refractivity contribution in [1.29, 1.82) is 0 Å². The van der Waals surface area contributed by atoms with Crippen molar-refractivity contribution in [3.05, 3.63) is 0 Å². The molecular formula is C13H29N. The quantitative estimate of drug-likeness (QED) is 0.612. The summed E-state index contributed by atoms with van der Waals surface area (Å²) in [5.41, 5.74) is 0.405. The van der Waals surface area contributed by atoms with Crippen molar-refractivity contribution in [2.24, 2.45) is 5.41 Å². The third kappa shape index (κ3) is 6.42. The third-order valence-corrected chi connectivity index (χ3v) is 2.84. The van der Waals surface area contributed by atoms with E-state index in [0.717, 1.165) is 6.54 Å². The molecule has 0 aliphatic heterocycles. The van der Waals surface area contributed by atoms with Gasteiger partial charge in [0.15, 0.2) is 0 Å². The molecule has 0 saturated heterocycles. The van der Waals surface area contributed by atoms with Crippen LogP contribution in [-0.2, 0) is 0 Å². The number of hydrogen-bond donors (Lipinski definition) is 1. The molecule has 0 spiro atoms. The van der Waals surface area contributed by atoms with Crippen LogP contribution in [0.3, 0.4) is 0 Å². The van der Waals surface area contributed by atoms with Crippen LogP contribution in [0.1, 0.15) is 66.7 Å². The van der Waals surface area contributed by atoms with Gasteiger partial charge in [-0.1, -0.05) is 60.3 Å². The number of nitrogens with one attached hydrogen (secondary N) is 1. The number of hydrogen-bond acceptors (Lipinski definition) is 1. The van der Waals surface area contributed by atoms with E-state index >= 15 is 0 Å². The largest absolute Gasteiger partial charge is 0.314 e. The molecule has 0 aliphatic carbocycles. The van der Waals surface area contributed by atoms with Gasteiger partial charge in [0.05, 0.1) is 0 Å². The molecule has 0 fully saturated rings. The van der Waals surface area contributed by atoms with Gasteiger partial charge in [-0.3, -0.25) is 0 Å². The Morgan fingerprint density at radius 3 is 2.07 bits per heavy atom. The zero-order valence-electron chi connectivity index (χ0n) is 10.8. The maximum Gasteiger partial charge on any atom is 0.0115 e. The van der Waals surface area contributed by atoms with Crippen molar-refractivity contribution >= 4 is 0 Å². The molecule has 1 unspecified atom stereocenters. The Morgan fingerprint density at radius 2 is 1.64 bits per heavy atom. The third-order valence-electron chi connectivity index (χ3n) is 2.84. The molecule has 14 heavy (non-hydrogen) atoms. The fraction of sp³-hybridized carbons (Fsp3) is 1.00. The summed E-state index contributed by atoms with van der Waals surface area (Å²) in [5, 5.41) is 3.60. The highest BCUT2D eigenvalue weighted by Gasteiger charge is 2.22. The minimum atomic E-state index is 0.405. The van der Waals surface area contributed by atoms with Crippen LogP contribution < -0.4 is 5.32 Å². The van der Waals surface area contributed by atoms with E-state index < -0.39 is 0 Å². The summed E-state index contributed by atoms with van der Waals surface area (Å²) >= 11 is 0. The zero-order chi connectivity index (χ0) is 11.0. The van der Waals surface area contributed by atoms with E-state index in [-0.39, 0.29) is 0 Å². The van der Waals surface area contributed by atoms with Gasteiger partial charge >= 0.3 is 0 Å². The average Bonchev–Trinajstić information content (AvgIpc) is 2.08. The molecule has 86 valence electrons. The molecule has 0 bridgehead atoms. The minimum Gasteiger partial charge on any atom is -0.314 e. The van der Waals surface area contributed by atoms with Crippen LogP contribution >= 0.6 is 0 Å². The van der Waals surface area contributed by atoms with E-state index in [4.69, 9.17) is 0 Å². The Labute approximate surface area is 90.7 Å². The van der Waals surface area contributed by atoms with E-state index in [9.17, 15) is 0 Å². The standard InChI is InChI=1S/C13H29N/c1-6-8-9-10-11-12(14-7-2)13(3,4)5/h12,14H,6-11H2,1-5H3. The van der Waals surface area contributed by atoms with Crippen LogP contribution in [0.5, 0.6) is 0 Å². The Hall–Kier alpha value is -0.0400. The predicted octanol–water partition coefficient (Wildman–Crippen LogP) is 3.98. The SMILES string of the molecule is CCCCCCC(NCC)C(C)(C)C. The predicted molar refractivity (Wildman–Crippen MR) is 65.7 cm³/mol. The van der Waals surface area contributed by atoms with Crippen molar-refractivity contribution in [2.45, 2.75) is 72.8 Å². The van der Waals surface area contributed by atoms with Gasteiger partial charge in [-0.15, -0.1) is 0 Å². The van der Waals surface area contributed by atoms with Crippen LogP contribution in [0.4, 0.5) is 0 Å². The summed E-state index contributed by atoms with van der Waals surface area (Å²) in [5.74, 6) is 0. The molecule has 0 aromatic rings. The van der Waals surface area contributed by atoms with Crippen LogP contribution in [0.25, 0.3) is 0 Å². The molecular weight excluding hydrogens is 170 g/mol. The van der Waals surface area contributed by atoms with E-state index in [1.54, 1.807) is 0 Å². The molecule has 0 radical (unpaired) electrons. The smallest absolute Gasteiger partial charge is 0.0115 e. The van der Waals surface area contributed by atoms with Crippen LogP contribution in [-0.4, -0.2) is 12.6 Å². The summed E-state index contributed by atoms with van der Waals surface area (Å²) < 4.78 is 0.